The molecule has 0 unspecified atom stereocenters. The van der Waals surface area contributed by atoms with Crippen molar-refractivity contribution in [3.63, 3.8) is 0 Å². The van der Waals surface area contributed by atoms with Gasteiger partial charge < -0.3 is 0 Å². The van der Waals surface area contributed by atoms with Gasteiger partial charge in [-0.15, -0.1) is 0 Å². The summed E-state index contributed by atoms with van der Waals surface area (Å²) in [6, 6.07) is 14.4. The molecular formula is C16H15N3S. The number of aryl methyl sites for hydroxylation is 2. The summed E-state index contributed by atoms with van der Waals surface area (Å²) in [5.74, 6) is 0. The maximum atomic E-state index is 4.48. The van der Waals surface area contributed by atoms with E-state index in [2.05, 4.69) is 53.6 Å². The smallest absolute Gasteiger partial charge is 0.204 e. The first kappa shape index (κ1) is 12.8. The quantitative estimate of drug-likeness (QED) is 0.572. The Morgan fingerprint density at radius 2 is 2.00 bits per heavy atom. The number of benzene rings is 2. The highest BCUT2D eigenvalue weighted by Gasteiger charge is 2.01. The fourth-order valence-electron chi connectivity index (χ4n) is 1.98. The zero-order chi connectivity index (χ0) is 13.9. The normalized spacial score (nSPS) is 11.3. The van der Waals surface area contributed by atoms with Crippen LogP contribution in [-0.2, 0) is 0 Å². The van der Waals surface area contributed by atoms with Gasteiger partial charge in [0.2, 0.25) is 5.13 Å². The van der Waals surface area contributed by atoms with E-state index in [9.17, 15) is 0 Å². The summed E-state index contributed by atoms with van der Waals surface area (Å²) in [7, 11) is 0. The molecule has 0 aliphatic carbocycles. The van der Waals surface area contributed by atoms with Crippen molar-refractivity contribution in [3.8, 4) is 0 Å². The van der Waals surface area contributed by atoms with Gasteiger partial charge in [0.25, 0.3) is 0 Å². The van der Waals surface area contributed by atoms with Gasteiger partial charge in [-0.1, -0.05) is 47.2 Å². The SMILES string of the molecule is Cc1ccc(C)c(/C=N\Nc2nc3ccccc3s2)c1. The van der Waals surface area contributed by atoms with E-state index < -0.39 is 0 Å². The Kier molecular flexibility index (Phi) is 3.48. The highest BCUT2D eigenvalue weighted by molar-refractivity contribution is 7.22. The summed E-state index contributed by atoms with van der Waals surface area (Å²) in [5.41, 5.74) is 7.58. The van der Waals surface area contributed by atoms with Crippen LogP contribution in [0.1, 0.15) is 16.7 Å². The van der Waals surface area contributed by atoms with Crippen LogP contribution >= 0.6 is 11.3 Å². The molecule has 0 saturated carbocycles. The first-order valence-corrected chi connectivity index (χ1v) is 7.26. The van der Waals surface area contributed by atoms with Gasteiger partial charge in [-0.05, 0) is 37.1 Å². The van der Waals surface area contributed by atoms with Crippen molar-refractivity contribution in [2.45, 2.75) is 13.8 Å². The van der Waals surface area contributed by atoms with Gasteiger partial charge in [0.15, 0.2) is 0 Å². The van der Waals surface area contributed by atoms with Crippen molar-refractivity contribution >= 4 is 32.9 Å². The second-order valence-electron chi connectivity index (χ2n) is 4.72. The van der Waals surface area contributed by atoms with Gasteiger partial charge in [-0.2, -0.15) is 5.10 Å². The third-order valence-electron chi connectivity index (χ3n) is 3.09. The Morgan fingerprint density at radius 1 is 1.15 bits per heavy atom. The number of hydrogen-bond donors (Lipinski definition) is 1. The topological polar surface area (TPSA) is 37.3 Å². The number of para-hydroxylation sites is 1. The number of anilines is 1. The Morgan fingerprint density at radius 3 is 2.85 bits per heavy atom. The van der Waals surface area contributed by atoms with Crippen LogP contribution in [0.3, 0.4) is 0 Å². The van der Waals surface area contributed by atoms with Crippen LogP contribution in [0.2, 0.25) is 0 Å². The first-order valence-electron chi connectivity index (χ1n) is 6.44. The van der Waals surface area contributed by atoms with Crippen molar-refractivity contribution in [2.24, 2.45) is 5.10 Å². The average Bonchev–Trinajstić information content (AvgIpc) is 2.85. The highest BCUT2D eigenvalue weighted by atomic mass is 32.1. The van der Waals surface area contributed by atoms with E-state index in [0.29, 0.717) is 0 Å². The van der Waals surface area contributed by atoms with Gasteiger partial charge in [0.1, 0.15) is 0 Å². The molecule has 0 atom stereocenters. The molecule has 1 heterocycles. The van der Waals surface area contributed by atoms with Gasteiger partial charge in [0.05, 0.1) is 16.4 Å². The molecule has 3 nitrogen and oxygen atoms in total. The van der Waals surface area contributed by atoms with Gasteiger partial charge in [-0.25, -0.2) is 4.98 Å². The lowest BCUT2D eigenvalue weighted by Gasteiger charge is -2.01. The van der Waals surface area contributed by atoms with Crippen LogP contribution in [0.25, 0.3) is 10.2 Å². The molecule has 0 aliphatic rings. The summed E-state index contributed by atoms with van der Waals surface area (Å²) < 4.78 is 1.16. The molecule has 4 heteroatoms. The highest BCUT2D eigenvalue weighted by Crippen LogP contribution is 2.25. The van der Waals surface area contributed by atoms with Crippen LogP contribution in [0.4, 0.5) is 5.13 Å². The molecule has 0 bridgehead atoms. The molecule has 0 fully saturated rings. The Labute approximate surface area is 122 Å². The lowest BCUT2D eigenvalue weighted by Crippen LogP contribution is -1.92. The Balaban J connectivity index is 1.78. The lowest BCUT2D eigenvalue weighted by atomic mass is 10.1. The Hall–Kier alpha value is -2.20. The van der Waals surface area contributed by atoms with E-state index in [-0.39, 0.29) is 0 Å². The number of nitrogens with zero attached hydrogens (tertiary/aromatic N) is 2. The molecule has 3 rings (SSSR count). The number of thiazole rings is 1. The van der Waals surface area contributed by atoms with Gasteiger partial charge in [-0.3, -0.25) is 5.43 Å². The van der Waals surface area contributed by atoms with E-state index in [4.69, 9.17) is 0 Å². The average molecular weight is 281 g/mol. The minimum atomic E-state index is 0.813. The maximum Gasteiger partial charge on any atom is 0.204 e. The van der Waals surface area contributed by atoms with Crippen molar-refractivity contribution in [1.82, 2.24) is 4.98 Å². The monoisotopic (exact) mass is 281 g/mol. The number of fused-ring (bicyclic) bond motifs is 1. The fourth-order valence-corrected chi connectivity index (χ4v) is 2.79. The van der Waals surface area contributed by atoms with Crippen molar-refractivity contribution < 1.29 is 0 Å². The molecule has 0 saturated heterocycles. The maximum absolute atomic E-state index is 4.48. The summed E-state index contributed by atoms with van der Waals surface area (Å²) >= 11 is 1.60. The zero-order valence-corrected chi connectivity index (χ0v) is 12.2. The molecule has 100 valence electrons. The van der Waals surface area contributed by atoms with Crippen LogP contribution in [0.15, 0.2) is 47.6 Å². The van der Waals surface area contributed by atoms with Crippen molar-refractivity contribution in [2.75, 3.05) is 5.43 Å². The van der Waals surface area contributed by atoms with Gasteiger partial charge in [0, 0.05) is 0 Å². The summed E-state index contributed by atoms with van der Waals surface area (Å²) in [4.78, 5) is 4.48. The molecule has 20 heavy (non-hydrogen) atoms. The predicted octanol–water partition coefficient (Wildman–Crippen LogP) is 4.36. The molecule has 3 aromatic rings. The molecule has 1 N–H and O–H groups in total. The zero-order valence-electron chi connectivity index (χ0n) is 11.4. The largest absolute Gasteiger partial charge is 0.253 e. The molecule has 1 aromatic heterocycles. The molecule has 0 amide bonds. The first-order chi connectivity index (χ1) is 9.72. The van der Waals surface area contributed by atoms with Crippen molar-refractivity contribution in [3.05, 3.63) is 59.2 Å². The summed E-state index contributed by atoms with van der Waals surface area (Å²) in [6.45, 7) is 4.16. The fraction of sp³-hybridized carbons (Fsp3) is 0.125. The lowest BCUT2D eigenvalue weighted by molar-refractivity contribution is 1.30. The standard InChI is InChI=1S/C16H15N3S/c1-11-7-8-12(2)13(9-11)10-17-19-16-18-14-5-3-4-6-15(14)20-16/h3-10H,1-2H3,(H,18,19)/b17-10-. The van der Waals surface area contributed by atoms with Crippen LogP contribution < -0.4 is 5.43 Å². The third kappa shape index (κ3) is 2.70. The summed E-state index contributed by atoms with van der Waals surface area (Å²) in [5, 5.41) is 5.09. The van der Waals surface area contributed by atoms with Crippen LogP contribution in [0.5, 0.6) is 0 Å². The molecule has 0 spiro atoms. The minimum absolute atomic E-state index is 0.813. The number of hydrazone groups is 1. The van der Waals surface area contributed by atoms with Crippen LogP contribution in [-0.4, -0.2) is 11.2 Å². The van der Waals surface area contributed by atoms with E-state index in [0.717, 1.165) is 20.9 Å². The minimum Gasteiger partial charge on any atom is -0.253 e. The predicted molar refractivity (Wildman–Crippen MR) is 86.8 cm³/mol. The van der Waals surface area contributed by atoms with Crippen LogP contribution in [0, 0.1) is 13.8 Å². The molecular weight excluding hydrogens is 266 g/mol. The second kappa shape index (κ2) is 5.43. The van der Waals surface area contributed by atoms with E-state index >= 15 is 0 Å². The molecule has 0 aliphatic heterocycles. The van der Waals surface area contributed by atoms with E-state index in [1.165, 1.54) is 11.1 Å². The van der Waals surface area contributed by atoms with Gasteiger partial charge >= 0.3 is 0 Å². The number of hydrogen-bond acceptors (Lipinski definition) is 4. The van der Waals surface area contributed by atoms with Crippen molar-refractivity contribution in [1.29, 1.82) is 0 Å². The molecule has 0 radical (unpaired) electrons. The van der Waals surface area contributed by atoms with E-state index in [1.807, 2.05) is 24.4 Å². The third-order valence-corrected chi connectivity index (χ3v) is 4.03. The molecule has 2 aromatic carbocycles. The van der Waals surface area contributed by atoms with E-state index in [1.54, 1.807) is 11.3 Å². The number of rotatable bonds is 3. The number of aromatic nitrogens is 1. The second-order valence-corrected chi connectivity index (χ2v) is 5.75. The number of nitrogens with one attached hydrogen (secondary N) is 1. The Bertz CT molecular complexity index is 741. The summed E-state index contributed by atoms with van der Waals surface area (Å²) in [6.07, 6.45) is 1.84.